The van der Waals surface area contributed by atoms with Crippen molar-refractivity contribution in [2.45, 2.75) is 51.9 Å². The van der Waals surface area contributed by atoms with E-state index in [4.69, 9.17) is 5.11 Å². The number of urea groups is 1. The molecule has 2 aliphatic heterocycles. The minimum absolute atomic E-state index is 0.169. The fourth-order valence-corrected chi connectivity index (χ4v) is 3.59. The van der Waals surface area contributed by atoms with Crippen molar-refractivity contribution in [2.75, 3.05) is 26.2 Å². The van der Waals surface area contributed by atoms with Gasteiger partial charge in [-0.25, -0.2) is 4.79 Å². The third-order valence-corrected chi connectivity index (χ3v) is 4.90. The molecule has 21 heavy (non-hydrogen) atoms. The Morgan fingerprint density at radius 3 is 2.24 bits per heavy atom. The molecule has 1 N–H and O–H groups in total. The summed E-state index contributed by atoms with van der Waals surface area (Å²) in [5.74, 6) is 0.418. The Balaban J connectivity index is 1.73. The van der Waals surface area contributed by atoms with Gasteiger partial charge in [-0.15, -0.1) is 0 Å². The quantitative estimate of drug-likeness (QED) is 0.848. The summed E-state index contributed by atoms with van der Waals surface area (Å²) >= 11 is 0. The lowest BCUT2D eigenvalue weighted by Gasteiger charge is -2.34. The number of carbonyl (C=O) groups excluding carboxylic acids is 1. The highest BCUT2D eigenvalue weighted by molar-refractivity contribution is 5.75. The van der Waals surface area contributed by atoms with Crippen LogP contribution >= 0.6 is 0 Å². The zero-order valence-corrected chi connectivity index (χ0v) is 13.1. The predicted octanol–water partition coefficient (Wildman–Crippen LogP) is 2.81. The molecule has 2 aliphatic rings. The van der Waals surface area contributed by atoms with Gasteiger partial charge in [0.1, 0.15) is 0 Å². The summed E-state index contributed by atoms with van der Waals surface area (Å²) in [6.45, 7) is 5.53. The van der Waals surface area contributed by atoms with Crippen LogP contribution in [-0.4, -0.2) is 53.1 Å². The van der Waals surface area contributed by atoms with E-state index in [0.29, 0.717) is 12.3 Å². The maximum absolute atomic E-state index is 12.5. The first kappa shape index (κ1) is 16.1. The Morgan fingerprint density at radius 1 is 1.00 bits per heavy atom. The van der Waals surface area contributed by atoms with Crippen molar-refractivity contribution < 1.29 is 14.7 Å². The highest BCUT2D eigenvalue weighted by Crippen LogP contribution is 2.25. The van der Waals surface area contributed by atoms with Gasteiger partial charge in [0.25, 0.3) is 0 Å². The van der Waals surface area contributed by atoms with Gasteiger partial charge in [0.05, 0.1) is 0 Å². The standard InChI is InChI=1S/C16H28N2O3/c1-2-3-13-6-9-17(10-7-13)16(21)18-11-8-14(12-18)4-5-15(19)20/h13-14H,2-12H2,1H3,(H,19,20). The third-order valence-electron chi connectivity index (χ3n) is 4.90. The van der Waals surface area contributed by atoms with Gasteiger partial charge in [-0.05, 0) is 37.5 Å². The SMILES string of the molecule is CCCC1CCN(C(=O)N2CCC(CCC(=O)O)C2)CC1. The molecule has 2 saturated heterocycles. The van der Waals surface area contributed by atoms with E-state index >= 15 is 0 Å². The van der Waals surface area contributed by atoms with Crippen molar-refractivity contribution in [1.29, 1.82) is 0 Å². The number of likely N-dealkylation sites (tertiary alicyclic amines) is 2. The maximum atomic E-state index is 12.5. The van der Waals surface area contributed by atoms with Gasteiger partial charge in [-0.1, -0.05) is 19.8 Å². The fraction of sp³-hybridized carbons (Fsp3) is 0.875. The van der Waals surface area contributed by atoms with Gasteiger partial charge < -0.3 is 14.9 Å². The van der Waals surface area contributed by atoms with Crippen molar-refractivity contribution in [2.24, 2.45) is 11.8 Å². The van der Waals surface area contributed by atoms with E-state index in [1.165, 1.54) is 12.8 Å². The van der Waals surface area contributed by atoms with Gasteiger partial charge >= 0.3 is 12.0 Å². The monoisotopic (exact) mass is 296 g/mol. The molecule has 1 unspecified atom stereocenters. The fourth-order valence-electron chi connectivity index (χ4n) is 3.59. The maximum Gasteiger partial charge on any atom is 0.320 e. The molecular formula is C16H28N2O3. The number of carbonyl (C=O) groups is 2. The topological polar surface area (TPSA) is 60.9 Å². The molecule has 0 spiro atoms. The van der Waals surface area contributed by atoms with E-state index < -0.39 is 5.97 Å². The summed E-state index contributed by atoms with van der Waals surface area (Å²) in [4.78, 5) is 27.0. The number of aliphatic carboxylic acids is 1. The van der Waals surface area contributed by atoms with Crippen LogP contribution in [0.25, 0.3) is 0 Å². The summed E-state index contributed by atoms with van der Waals surface area (Å²) in [7, 11) is 0. The molecule has 0 aromatic heterocycles. The molecular weight excluding hydrogens is 268 g/mol. The predicted molar refractivity (Wildman–Crippen MR) is 81.2 cm³/mol. The lowest BCUT2D eigenvalue weighted by atomic mass is 9.93. The summed E-state index contributed by atoms with van der Waals surface area (Å²) in [6.07, 6.45) is 6.64. The minimum atomic E-state index is -0.738. The number of nitrogens with zero attached hydrogens (tertiary/aromatic N) is 2. The molecule has 120 valence electrons. The Labute approximate surface area is 127 Å². The van der Waals surface area contributed by atoms with Gasteiger partial charge in [0.2, 0.25) is 0 Å². The van der Waals surface area contributed by atoms with Gasteiger partial charge in [0, 0.05) is 32.6 Å². The second-order valence-electron chi connectivity index (χ2n) is 6.53. The molecule has 0 aromatic rings. The number of hydrogen-bond donors (Lipinski definition) is 1. The summed E-state index contributed by atoms with van der Waals surface area (Å²) in [5.41, 5.74) is 0. The van der Waals surface area contributed by atoms with E-state index in [-0.39, 0.29) is 12.5 Å². The lowest BCUT2D eigenvalue weighted by Crippen LogP contribution is -2.45. The number of hydrogen-bond acceptors (Lipinski definition) is 2. The largest absolute Gasteiger partial charge is 0.481 e. The van der Waals surface area contributed by atoms with Crippen molar-refractivity contribution in [3.05, 3.63) is 0 Å². The van der Waals surface area contributed by atoms with Crippen molar-refractivity contribution in [3.8, 4) is 0 Å². The number of piperidine rings is 1. The second-order valence-corrected chi connectivity index (χ2v) is 6.53. The van der Waals surface area contributed by atoms with Crippen molar-refractivity contribution >= 4 is 12.0 Å². The van der Waals surface area contributed by atoms with E-state index in [9.17, 15) is 9.59 Å². The molecule has 0 aliphatic carbocycles. The molecule has 0 bridgehead atoms. The van der Waals surface area contributed by atoms with Crippen LogP contribution in [0.3, 0.4) is 0 Å². The Bertz CT molecular complexity index is 365. The van der Waals surface area contributed by atoms with Crippen molar-refractivity contribution in [3.63, 3.8) is 0 Å². The number of rotatable bonds is 5. The van der Waals surface area contributed by atoms with Crippen LogP contribution in [0.1, 0.15) is 51.9 Å². The van der Waals surface area contributed by atoms with Crippen LogP contribution in [0.15, 0.2) is 0 Å². The molecule has 5 heteroatoms. The highest BCUT2D eigenvalue weighted by Gasteiger charge is 2.31. The van der Waals surface area contributed by atoms with E-state index in [1.54, 1.807) is 0 Å². The van der Waals surface area contributed by atoms with E-state index in [0.717, 1.165) is 51.4 Å². The first-order valence-corrected chi connectivity index (χ1v) is 8.35. The molecule has 2 fully saturated rings. The molecule has 0 radical (unpaired) electrons. The second kappa shape index (κ2) is 7.66. The van der Waals surface area contributed by atoms with Gasteiger partial charge in [0.15, 0.2) is 0 Å². The molecule has 5 nitrogen and oxygen atoms in total. The third kappa shape index (κ3) is 4.61. The average Bonchev–Trinajstić information content (AvgIpc) is 2.94. The normalized spacial score (nSPS) is 23.6. The van der Waals surface area contributed by atoms with Crippen molar-refractivity contribution in [1.82, 2.24) is 9.80 Å². The molecule has 2 heterocycles. The lowest BCUT2D eigenvalue weighted by molar-refractivity contribution is -0.137. The van der Waals surface area contributed by atoms with Gasteiger partial charge in [-0.3, -0.25) is 4.79 Å². The van der Waals surface area contributed by atoms with E-state index in [1.807, 2.05) is 9.80 Å². The van der Waals surface area contributed by atoms with Crippen LogP contribution in [-0.2, 0) is 4.79 Å². The number of carboxylic acids is 1. The van der Waals surface area contributed by atoms with Gasteiger partial charge in [-0.2, -0.15) is 0 Å². The Hall–Kier alpha value is -1.26. The van der Waals surface area contributed by atoms with Crippen LogP contribution in [0.5, 0.6) is 0 Å². The Morgan fingerprint density at radius 2 is 1.62 bits per heavy atom. The van der Waals surface area contributed by atoms with Crippen LogP contribution in [0.2, 0.25) is 0 Å². The Kier molecular flexibility index (Phi) is 5.88. The molecule has 1 atom stereocenters. The average molecular weight is 296 g/mol. The molecule has 2 rings (SSSR count). The number of carboxylic acid groups (broad SMARTS) is 1. The summed E-state index contributed by atoms with van der Waals surface area (Å²) in [5, 5.41) is 8.73. The van der Waals surface area contributed by atoms with Crippen LogP contribution in [0, 0.1) is 11.8 Å². The smallest absolute Gasteiger partial charge is 0.320 e. The summed E-state index contributed by atoms with van der Waals surface area (Å²) < 4.78 is 0. The minimum Gasteiger partial charge on any atom is -0.481 e. The molecule has 2 amide bonds. The first-order chi connectivity index (χ1) is 10.1. The van der Waals surface area contributed by atoms with Crippen LogP contribution < -0.4 is 0 Å². The number of amides is 2. The zero-order chi connectivity index (χ0) is 15.2. The van der Waals surface area contributed by atoms with E-state index in [2.05, 4.69) is 6.92 Å². The molecule has 0 saturated carbocycles. The van der Waals surface area contributed by atoms with Crippen LogP contribution in [0.4, 0.5) is 4.79 Å². The first-order valence-electron chi connectivity index (χ1n) is 8.35. The molecule has 0 aromatic carbocycles. The zero-order valence-electron chi connectivity index (χ0n) is 13.1. The highest BCUT2D eigenvalue weighted by atomic mass is 16.4. The summed E-state index contributed by atoms with van der Waals surface area (Å²) in [6, 6.07) is 0.169.